The monoisotopic (exact) mass is 379 g/mol. The summed E-state index contributed by atoms with van der Waals surface area (Å²) < 4.78 is 0. The van der Waals surface area contributed by atoms with Crippen molar-refractivity contribution in [3.05, 3.63) is 59.2 Å². The molecule has 1 aliphatic rings. The summed E-state index contributed by atoms with van der Waals surface area (Å²) in [6.07, 6.45) is 0.438. The molecule has 0 bridgehead atoms. The van der Waals surface area contributed by atoms with Crippen LogP contribution in [-0.2, 0) is 4.79 Å². The second kappa shape index (κ2) is 7.64. The summed E-state index contributed by atoms with van der Waals surface area (Å²) in [5, 5.41) is 5.54. The van der Waals surface area contributed by atoms with E-state index >= 15 is 0 Å². The van der Waals surface area contributed by atoms with Gasteiger partial charge in [-0.05, 0) is 48.4 Å². The van der Waals surface area contributed by atoms with Crippen LogP contribution in [0, 0.1) is 5.92 Å². The molecule has 7 heteroatoms. The highest BCUT2D eigenvalue weighted by Gasteiger charge is 2.33. The molecule has 0 aromatic heterocycles. The van der Waals surface area contributed by atoms with E-state index in [0.29, 0.717) is 23.4 Å². The van der Waals surface area contributed by atoms with Crippen LogP contribution in [0.4, 0.5) is 11.4 Å². The second-order valence-electron chi connectivity index (χ2n) is 7.11. The zero-order valence-electron chi connectivity index (χ0n) is 15.9. The molecule has 0 spiro atoms. The average molecular weight is 379 g/mol. The van der Waals surface area contributed by atoms with E-state index in [1.165, 1.54) is 25.2 Å². The minimum absolute atomic E-state index is 0.0610. The number of imide groups is 1. The maximum atomic E-state index is 12.5. The van der Waals surface area contributed by atoms with Gasteiger partial charge in [0, 0.05) is 30.4 Å². The third-order valence-electron chi connectivity index (χ3n) is 4.37. The molecule has 1 aliphatic heterocycles. The third kappa shape index (κ3) is 3.93. The number of rotatable bonds is 5. The van der Waals surface area contributed by atoms with Gasteiger partial charge in [0.2, 0.25) is 5.91 Å². The Bertz CT molecular complexity index is 964. The van der Waals surface area contributed by atoms with E-state index in [1.807, 2.05) is 13.8 Å². The number of carbonyl (C=O) groups is 4. The van der Waals surface area contributed by atoms with Gasteiger partial charge in [-0.2, -0.15) is 0 Å². The zero-order valence-corrected chi connectivity index (χ0v) is 15.9. The first kappa shape index (κ1) is 19.3. The van der Waals surface area contributed by atoms with Crippen molar-refractivity contribution in [2.45, 2.75) is 20.3 Å². The van der Waals surface area contributed by atoms with E-state index in [4.69, 9.17) is 0 Å². The Balaban J connectivity index is 1.68. The number of hydrogen-bond donors (Lipinski definition) is 2. The van der Waals surface area contributed by atoms with Gasteiger partial charge in [-0.15, -0.1) is 0 Å². The quantitative estimate of drug-likeness (QED) is 0.780. The van der Waals surface area contributed by atoms with E-state index in [-0.39, 0.29) is 28.9 Å². The first-order valence-electron chi connectivity index (χ1n) is 8.94. The van der Waals surface area contributed by atoms with Crippen molar-refractivity contribution in [1.82, 2.24) is 4.90 Å². The molecule has 7 nitrogen and oxygen atoms in total. The summed E-state index contributed by atoms with van der Waals surface area (Å²) in [7, 11) is 1.41. The van der Waals surface area contributed by atoms with E-state index in [2.05, 4.69) is 10.6 Å². The Kier molecular flexibility index (Phi) is 5.26. The van der Waals surface area contributed by atoms with Crippen molar-refractivity contribution >= 4 is 35.0 Å². The van der Waals surface area contributed by atoms with Crippen molar-refractivity contribution < 1.29 is 19.2 Å². The fourth-order valence-electron chi connectivity index (χ4n) is 2.93. The Morgan fingerprint density at radius 1 is 0.893 bits per heavy atom. The normalized spacial score (nSPS) is 12.9. The van der Waals surface area contributed by atoms with Gasteiger partial charge in [-0.25, -0.2) is 0 Å². The molecule has 0 unspecified atom stereocenters. The molecule has 0 fully saturated rings. The van der Waals surface area contributed by atoms with Crippen LogP contribution in [-0.4, -0.2) is 35.6 Å². The standard InChI is InChI=1S/C21H21N3O4/c1-12(2)10-18(25)22-14-5-7-15(8-6-14)23-19(26)13-4-9-16-17(11-13)21(28)24(3)20(16)27/h4-9,11-12H,10H2,1-3H3,(H,22,25)(H,23,26). The summed E-state index contributed by atoms with van der Waals surface area (Å²) in [5.41, 5.74) is 2.00. The predicted molar refractivity (Wildman–Crippen MR) is 105 cm³/mol. The lowest BCUT2D eigenvalue weighted by Crippen LogP contribution is -2.24. The Labute approximate surface area is 162 Å². The molecule has 0 saturated heterocycles. The predicted octanol–water partition coefficient (Wildman–Crippen LogP) is 3.15. The van der Waals surface area contributed by atoms with Crippen molar-refractivity contribution in [2.75, 3.05) is 17.7 Å². The van der Waals surface area contributed by atoms with Crippen LogP contribution in [0.1, 0.15) is 51.3 Å². The summed E-state index contributed by atoms with van der Waals surface area (Å²) in [5.74, 6) is -0.977. The molecular weight excluding hydrogens is 358 g/mol. The second-order valence-corrected chi connectivity index (χ2v) is 7.11. The maximum Gasteiger partial charge on any atom is 0.261 e. The minimum atomic E-state index is -0.420. The SMILES string of the molecule is CC(C)CC(=O)Nc1ccc(NC(=O)c2ccc3c(c2)C(=O)N(C)C3=O)cc1. The summed E-state index contributed by atoms with van der Waals surface area (Å²) >= 11 is 0. The van der Waals surface area contributed by atoms with E-state index in [1.54, 1.807) is 24.3 Å². The smallest absolute Gasteiger partial charge is 0.261 e. The van der Waals surface area contributed by atoms with E-state index < -0.39 is 11.8 Å². The molecule has 2 aromatic rings. The fourth-order valence-corrected chi connectivity index (χ4v) is 2.93. The third-order valence-corrected chi connectivity index (χ3v) is 4.37. The largest absolute Gasteiger partial charge is 0.326 e. The molecule has 0 aliphatic carbocycles. The van der Waals surface area contributed by atoms with Crippen LogP contribution in [0.3, 0.4) is 0 Å². The van der Waals surface area contributed by atoms with Crippen LogP contribution in [0.2, 0.25) is 0 Å². The highest BCUT2D eigenvalue weighted by atomic mass is 16.2. The number of benzene rings is 2. The maximum absolute atomic E-state index is 12.5. The number of carbonyl (C=O) groups excluding carboxylic acids is 4. The van der Waals surface area contributed by atoms with Crippen molar-refractivity contribution in [3.8, 4) is 0 Å². The lowest BCUT2D eigenvalue weighted by atomic mass is 10.1. The number of hydrogen-bond acceptors (Lipinski definition) is 4. The van der Waals surface area contributed by atoms with Crippen molar-refractivity contribution in [1.29, 1.82) is 0 Å². The van der Waals surface area contributed by atoms with Gasteiger partial charge >= 0.3 is 0 Å². The molecule has 0 radical (unpaired) electrons. The van der Waals surface area contributed by atoms with Gasteiger partial charge in [-0.3, -0.25) is 24.1 Å². The van der Waals surface area contributed by atoms with Gasteiger partial charge < -0.3 is 10.6 Å². The molecule has 3 rings (SSSR count). The zero-order chi connectivity index (χ0) is 20.4. The lowest BCUT2D eigenvalue weighted by Gasteiger charge is -2.09. The molecule has 0 atom stereocenters. The topological polar surface area (TPSA) is 95.6 Å². The molecule has 144 valence electrons. The first-order chi connectivity index (χ1) is 13.3. The highest BCUT2D eigenvalue weighted by Crippen LogP contribution is 2.23. The van der Waals surface area contributed by atoms with E-state index in [9.17, 15) is 19.2 Å². The molecule has 4 amide bonds. The van der Waals surface area contributed by atoms with Crippen LogP contribution < -0.4 is 10.6 Å². The molecule has 2 aromatic carbocycles. The highest BCUT2D eigenvalue weighted by molar-refractivity contribution is 6.22. The van der Waals surface area contributed by atoms with Crippen LogP contribution >= 0.6 is 0 Å². The lowest BCUT2D eigenvalue weighted by molar-refractivity contribution is -0.116. The van der Waals surface area contributed by atoms with E-state index in [0.717, 1.165) is 4.90 Å². The fraction of sp³-hybridized carbons (Fsp3) is 0.238. The van der Waals surface area contributed by atoms with Crippen molar-refractivity contribution in [3.63, 3.8) is 0 Å². The van der Waals surface area contributed by atoms with Gasteiger partial charge in [0.15, 0.2) is 0 Å². The molecule has 2 N–H and O–H groups in total. The van der Waals surface area contributed by atoms with Crippen LogP contribution in [0.25, 0.3) is 0 Å². The Morgan fingerprint density at radius 2 is 1.46 bits per heavy atom. The van der Waals surface area contributed by atoms with Gasteiger partial charge in [0.1, 0.15) is 0 Å². The van der Waals surface area contributed by atoms with Gasteiger partial charge in [-0.1, -0.05) is 13.8 Å². The minimum Gasteiger partial charge on any atom is -0.326 e. The number of amides is 4. The molecular formula is C21H21N3O4. The molecule has 0 saturated carbocycles. The first-order valence-corrected chi connectivity index (χ1v) is 8.94. The number of nitrogens with one attached hydrogen (secondary N) is 2. The summed E-state index contributed by atoms with van der Waals surface area (Å²) in [4.78, 5) is 49.3. The van der Waals surface area contributed by atoms with Crippen LogP contribution in [0.15, 0.2) is 42.5 Å². The molecule has 1 heterocycles. The van der Waals surface area contributed by atoms with Gasteiger partial charge in [0.05, 0.1) is 11.1 Å². The number of fused-ring (bicyclic) bond motifs is 1. The summed E-state index contributed by atoms with van der Waals surface area (Å²) in [6.45, 7) is 3.94. The average Bonchev–Trinajstić information content (AvgIpc) is 2.86. The Hall–Kier alpha value is -3.48. The number of nitrogens with zero attached hydrogens (tertiary/aromatic N) is 1. The summed E-state index contributed by atoms with van der Waals surface area (Å²) in [6, 6.07) is 11.2. The number of anilines is 2. The van der Waals surface area contributed by atoms with Crippen LogP contribution in [0.5, 0.6) is 0 Å². The Morgan fingerprint density at radius 3 is 2.07 bits per heavy atom. The van der Waals surface area contributed by atoms with Gasteiger partial charge in [0.25, 0.3) is 17.7 Å². The molecule has 28 heavy (non-hydrogen) atoms. The van der Waals surface area contributed by atoms with Crippen molar-refractivity contribution in [2.24, 2.45) is 5.92 Å².